The summed E-state index contributed by atoms with van der Waals surface area (Å²) in [4.78, 5) is 17.1. The largest absolute Gasteiger partial charge is 0.573 e. The molecule has 4 heterocycles. The average molecular weight is 715 g/mol. The van der Waals surface area contributed by atoms with Crippen molar-refractivity contribution in [3.8, 4) is 16.9 Å². The summed E-state index contributed by atoms with van der Waals surface area (Å²) >= 11 is 0. The summed E-state index contributed by atoms with van der Waals surface area (Å²) in [6, 6.07) is 18.0. The second-order valence-electron chi connectivity index (χ2n) is 13.6. The summed E-state index contributed by atoms with van der Waals surface area (Å²) in [6.45, 7) is 5.63. The van der Waals surface area contributed by atoms with Gasteiger partial charge in [-0.15, -0.1) is 13.2 Å². The number of likely N-dealkylation sites (tertiary alicyclic amines) is 2. The van der Waals surface area contributed by atoms with Crippen LogP contribution in [0.25, 0.3) is 22.0 Å². The molecule has 51 heavy (non-hydrogen) atoms. The van der Waals surface area contributed by atoms with Gasteiger partial charge in [-0.1, -0.05) is 36.4 Å². The third-order valence-electron chi connectivity index (χ3n) is 10.1. The lowest BCUT2D eigenvalue weighted by molar-refractivity contribution is -0.274. The van der Waals surface area contributed by atoms with Gasteiger partial charge in [0, 0.05) is 93.6 Å². The van der Waals surface area contributed by atoms with Crippen LogP contribution < -0.4 is 20.7 Å². The zero-order valence-electron chi connectivity index (χ0n) is 27.9. The monoisotopic (exact) mass is 714 g/mol. The van der Waals surface area contributed by atoms with Crippen molar-refractivity contribution in [2.75, 3.05) is 39.3 Å². The van der Waals surface area contributed by atoms with E-state index < -0.39 is 18.1 Å². The fourth-order valence-electron chi connectivity index (χ4n) is 7.72. The van der Waals surface area contributed by atoms with Crippen LogP contribution in [0.1, 0.15) is 29.5 Å². The molecule has 1 aromatic heterocycles. The minimum Gasteiger partial charge on any atom is -0.406 e. The van der Waals surface area contributed by atoms with Crippen molar-refractivity contribution in [3.63, 3.8) is 0 Å². The smallest absolute Gasteiger partial charge is 0.406 e. The molecule has 3 N–H and O–H groups in total. The van der Waals surface area contributed by atoms with Crippen molar-refractivity contribution in [1.82, 2.24) is 30.3 Å². The van der Waals surface area contributed by atoms with E-state index in [4.69, 9.17) is 0 Å². The number of piperazine rings is 2. The summed E-state index contributed by atoms with van der Waals surface area (Å²) < 4.78 is 85.5. The third-order valence-corrected chi connectivity index (χ3v) is 10.1. The van der Waals surface area contributed by atoms with Crippen LogP contribution in [-0.2, 0) is 30.6 Å². The van der Waals surface area contributed by atoms with Gasteiger partial charge in [-0.2, -0.15) is 13.2 Å². The van der Waals surface area contributed by atoms with Crippen LogP contribution >= 0.6 is 0 Å². The van der Waals surface area contributed by atoms with Crippen molar-refractivity contribution in [2.24, 2.45) is 0 Å². The zero-order chi connectivity index (χ0) is 35.8. The molecule has 3 aromatic carbocycles. The summed E-state index contributed by atoms with van der Waals surface area (Å²) in [7, 11) is 0. The lowest BCUT2D eigenvalue weighted by Crippen LogP contribution is -2.55. The first-order chi connectivity index (χ1) is 24.4. The number of carbonyl (C=O) groups is 1. The van der Waals surface area contributed by atoms with E-state index in [1.165, 1.54) is 18.2 Å². The van der Waals surface area contributed by atoms with Crippen molar-refractivity contribution in [3.05, 3.63) is 89.6 Å². The van der Waals surface area contributed by atoms with E-state index in [1.54, 1.807) is 24.3 Å². The number of benzene rings is 3. The Labute approximate surface area is 291 Å². The number of aryl methyl sites for hydroxylation is 1. The zero-order valence-corrected chi connectivity index (χ0v) is 27.9. The predicted octanol–water partition coefficient (Wildman–Crippen LogP) is 5.75. The molecule has 0 radical (unpaired) electrons. The summed E-state index contributed by atoms with van der Waals surface area (Å²) in [5.74, 6) is -0.343. The van der Waals surface area contributed by atoms with Crippen LogP contribution in [0.2, 0.25) is 0 Å². The molecule has 3 aliphatic heterocycles. The highest BCUT2D eigenvalue weighted by atomic mass is 19.4. The normalized spacial score (nSPS) is 21.4. The lowest BCUT2D eigenvalue weighted by atomic mass is 10.0. The first-order valence-corrected chi connectivity index (χ1v) is 17.2. The molecule has 0 saturated carbocycles. The van der Waals surface area contributed by atoms with Gasteiger partial charge in [0.25, 0.3) is 0 Å². The van der Waals surface area contributed by atoms with Gasteiger partial charge in [-0.3, -0.25) is 14.6 Å². The van der Waals surface area contributed by atoms with Crippen LogP contribution in [0.3, 0.4) is 0 Å². The Hall–Kier alpha value is -4.11. The Bertz CT molecular complexity index is 1840. The van der Waals surface area contributed by atoms with Gasteiger partial charge in [0.05, 0.1) is 11.6 Å². The maximum atomic E-state index is 13.6. The van der Waals surface area contributed by atoms with Crippen molar-refractivity contribution < 1.29 is 35.9 Å². The molecule has 7 rings (SSSR count). The quantitative estimate of drug-likeness (QED) is 0.136. The van der Waals surface area contributed by atoms with Crippen LogP contribution in [0.15, 0.2) is 72.9 Å². The standard InChI is InChI=1S/C37H40F6N6O2/c38-36(39,40)32-5-2-1-4-26(32)20-49-22-27-17-28(49)21-48(27)19-24-6-11-34-30(16-24)31(25-7-9-29(10-8-25)51-37(41,42)43)23-47(34)15-3-12-46-35(50)33-18-44-13-14-45-33/h1-2,4-11,16,23,27-28,33,44-45H,3,12-15,17-22H2,(H,46,50). The number of halogens is 6. The SMILES string of the molecule is O=C(NCCCn1cc(-c2ccc(OC(F)(F)F)cc2)c2cc(CN3CC4CC3CN4Cc3ccccc3C(F)(F)F)ccc21)C1CNCCN1. The van der Waals surface area contributed by atoms with Gasteiger partial charge in [0.15, 0.2) is 0 Å². The Morgan fingerprint density at radius 2 is 1.65 bits per heavy atom. The lowest BCUT2D eigenvalue weighted by Gasteiger charge is -2.34. The molecule has 3 aliphatic rings. The number of fused-ring (bicyclic) bond motifs is 3. The first kappa shape index (κ1) is 35.3. The number of hydrogen-bond acceptors (Lipinski definition) is 6. The fourth-order valence-corrected chi connectivity index (χ4v) is 7.72. The van der Waals surface area contributed by atoms with Crippen LogP contribution in [0.5, 0.6) is 5.75 Å². The van der Waals surface area contributed by atoms with E-state index in [0.717, 1.165) is 59.7 Å². The van der Waals surface area contributed by atoms with E-state index in [1.807, 2.05) is 6.20 Å². The van der Waals surface area contributed by atoms with E-state index >= 15 is 0 Å². The molecular weight excluding hydrogens is 674 g/mol. The molecule has 3 fully saturated rings. The number of aromatic nitrogens is 1. The summed E-state index contributed by atoms with van der Waals surface area (Å²) in [5.41, 5.74) is 3.36. The Morgan fingerprint density at radius 1 is 0.902 bits per heavy atom. The van der Waals surface area contributed by atoms with Crippen molar-refractivity contribution in [1.29, 1.82) is 0 Å². The van der Waals surface area contributed by atoms with Gasteiger partial charge in [0.2, 0.25) is 5.91 Å². The second kappa shape index (κ2) is 14.5. The number of ether oxygens (including phenoxy) is 1. The van der Waals surface area contributed by atoms with Gasteiger partial charge in [-0.05, 0) is 59.9 Å². The Kier molecular flexibility index (Phi) is 10.0. The average Bonchev–Trinajstić information content (AvgIpc) is 3.79. The molecule has 3 atom stereocenters. The van der Waals surface area contributed by atoms with Gasteiger partial charge in [-0.25, -0.2) is 0 Å². The van der Waals surface area contributed by atoms with Crippen LogP contribution in [0, 0.1) is 0 Å². The minimum absolute atomic E-state index is 0.0454. The molecule has 1 amide bonds. The molecule has 272 valence electrons. The maximum Gasteiger partial charge on any atom is 0.573 e. The van der Waals surface area contributed by atoms with E-state index in [9.17, 15) is 31.1 Å². The van der Waals surface area contributed by atoms with E-state index in [-0.39, 0.29) is 36.3 Å². The van der Waals surface area contributed by atoms with E-state index in [2.05, 4.69) is 53.3 Å². The third kappa shape index (κ3) is 8.19. The first-order valence-electron chi connectivity index (χ1n) is 17.2. The number of amides is 1. The van der Waals surface area contributed by atoms with Gasteiger partial charge < -0.3 is 25.3 Å². The topological polar surface area (TPSA) is 73.8 Å². The molecule has 3 saturated heterocycles. The number of nitrogens with zero attached hydrogens (tertiary/aromatic N) is 3. The second-order valence-corrected chi connectivity index (χ2v) is 13.6. The van der Waals surface area contributed by atoms with Crippen LogP contribution in [-0.4, -0.2) is 84.0 Å². The number of hydrogen-bond donors (Lipinski definition) is 3. The number of nitrogens with one attached hydrogen (secondary N) is 3. The molecule has 0 aliphatic carbocycles. The number of alkyl halides is 6. The molecule has 3 unspecified atom stereocenters. The van der Waals surface area contributed by atoms with E-state index in [0.29, 0.717) is 44.7 Å². The maximum absolute atomic E-state index is 13.6. The molecule has 8 nitrogen and oxygen atoms in total. The highest BCUT2D eigenvalue weighted by Gasteiger charge is 2.44. The van der Waals surface area contributed by atoms with Gasteiger partial charge >= 0.3 is 12.5 Å². The highest BCUT2D eigenvalue weighted by molar-refractivity contribution is 5.96. The molecular formula is C37H40F6N6O2. The molecule has 14 heteroatoms. The summed E-state index contributed by atoms with van der Waals surface area (Å²) in [6.07, 6.45) is -5.61. The van der Waals surface area contributed by atoms with Crippen molar-refractivity contribution in [2.45, 2.75) is 63.1 Å². The molecule has 4 aromatic rings. The minimum atomic E-state index is -4.79. The fraction of sp³-hybridized carbons (Fsp3) is 0.432. The predicted molar refractivity (Wildman–Crippen MR) is 181 cm³/mol. The Morgan fingerprint density at radius 3 is 2.33 bits per heavy atom. The number of carbonyl (C=O) groups excluding carboxylic acids is 1. The van der Waals surface area contributed by atoms with Gasteiger partial charge in [0.1, 0.15) is 5.75 Å². The number of rotatable bonds is 11. The molecule has 0 spiro atoms. The highest BCUT2D eigenvalue weighted by Crippen LogP contribution is 2.38. The molecule has 2 bridgehead atoms. The summed E-state index contributed by atoms with van der Waals surface area (Å²) in [5, 5.41) is 10.4. The van der Waals surface area contributed by atoms with Crippen molar-refractivity contribution >= 4 is 16.8 Å². The Balaban J connectivity index is 1.06. The van der Waals surface area contributed by atoms with Crippen LogP contribution in [0.4, 0.5) is 26.3 Å².